The molecule has 1 heterocycles. The zero-order valence-electron chi connectivity index (χ0n) is 9.14. The Bertz CT molecular complexity index is 500. The Morgan fingerprint density at radius 3 is 2.81 bits per heavy atom. The van der Waals surface area contributed by atoms with Crippen LogP contribution in [-0.4, -0.2) is 10.5 Å². The smallest absolute Gasteiger partial charge is 0.268 e. The van der Waals surface area contributed by atoms with Gasteiger partial charge in [-0.25, -0.2) is 0 Å². The largest absolute Gasteiger partial charge is 0.327 e. The fraction of sp³-hybridized carbons (Fsp3) is 0.545. The Morgan fingerprint density at radius 1 is 1.62 bits per heavy atom. The van der Waals surface area contributed by atoms with E-state index >= 15 is 0 Å². The molecule has 0 aromatic carbocycles. The van der Waals surface area contributed by atoms with Crippen molar-refractivity contribution in [1.29, 1.82) is 5.26 Å². The molecule has 0 bridgehead atoms. The molecule has 0 atom stereocenters. The van der Waals surface area contributed by atoms with Crippen molar-refractivity contribution in [3.05, 3.63) is 16.4 Å². The molecule has 0 aliphatic heterocycles. The van der Waals surface area contributed by atoms with Crippen molar-refractivity contribution in [2.24, 2.45) is 17.5 Å². The number of aryl methyl sites for hydroxylation is 1. The van der Waals surface area contributed by atoms with Crippen molar-refractivity contribution >= 4 is 17.2 Å². The van der Waals surface area contributed by atoms with Crippen LogP contribution in [0.4, 0.5) is 0 Å². The molecular weight excluding hydrogens is 222 g/mol. The number of nitriles is 1. The average molecular weight is 235 g/mol. The first-order valence-electron chi connectivity index (χ1n) is 5.28. The second kappa shape index (κ2) is 4.22. The van der Waals surface area contributed by atoms with Gasteiger partial charge in [-0.2, -0.15) is 10.3 Å². The number of rotatable bonds is 1. The van der Waals surface area contributed by atoms with Crippen molar-refractivity contribution < 1.29 is 4.79 Å². The van der Waals surface area contributed by atoms with Crippen LogP contribution in [0.25, 0.3) is 0 Å². The molecule has 1 aliphatic carbocycles. The molecule has 1 aromatic heterocycles. The van der Waals surface area contributed by atoms with Gasteiger partial charge < -0.3 is 4.57 Å². The van der Waals surface area contributed by atoms with Gasteiger partial charge in [0.25, 0.3) is 5.91 Å². The molecule has 0 unspecified atom stereocenters. The lowest BCUT2D eigenvalue weighted by atomic mass is 9.87. The maximum atomic E-state index is 12.0. The molecule has 84 valence electrons. The second-order valence-electron chi connectivity index (χ2n) is 4.11. The molecule has 1 fully saturated rings. The standard InChI is InChI=1S/C11H13N3OS/c1-14-6-7-16-10(14)13-9(15)11(8-12)4-2-3-5-11/h6-7H,2-5H2,1H3. The summed E-state index contributed by atoms with van der Waals surface area (Å²) in [5, 5.41) is 11.0. The molecule has 0 N–H and O–H groups in total. The third-order valence-corrected chi connectivity index (χ3v) is 3.89. The molecule has 1 saturated carbocycles. The monoisotopic (exact) mass is 235 g/mol. The fourth-order valence-corrected chi connectivity index (χ4v) is 2.71. The quantitative estimate of drug-likeness (QED) is 0.742. The summed E-state index contributed by atoms with van der Waals surface area (Å²) < 4.78 is 1.79. The van der Waals surface area contributed by atoms with Gasteiger partial charge in [-0.15, -0.1) is 11.3 Å². The van der Waals surface area contributed by atoms with Crippen molar-refractivity contribution in [3.8, 4) is 6.07 Å². The summed E-state index contributed by atoms with van der Waals surface area (Å²) in [7, 11) is 1.84. The molecule has 1 aliphatic rings. The van der Waals surface area contributed by atoms with Gasteiger partial charge in [0.1, 0.15) is 5.41 Å². The number of thiazole rings is 1. The highest BCUT2D eigenvalue weighted by Crippen LogP contribution is 2.38. The van der Waals surface area contributed by atoms with E-state index in [1.54, 1.807) is 4.57 Å². The van der Waals surface area contributed by atoms with Gasteiger partial charge in [0.05, 0.1) is 6.07 Å². The molecular formula is C11H13N3OS. The summed E-state index contributed by atoms with van der Waals surface area (Å²) >= 11 is 1.41. The highest BCUT2D eigenvalue weighted by Gasteiger charge is 2.41. The molecule has 0 saturated heterocycles. The summed E-state index contributed by atoms with van der Waals surface area (Å²) in [5.41, 5.74) is -0.850. The summed E-state index contributed by atoms with van der Waals surface area (Å²) in [4.78, 5) is 16.7. The molecule has 1 amide bonds. The lowest BCUT2D eigenvalue weighted by molar-refractivity contribution is -0.124. The summed E-state index contributed by atoms with van der Waals surface area (Å²) in [5.74, 6) is -0.273. The van der Waals surface area contributed by atoms with Crippen LogP contribution in [0.2, 0.25) is 0 Å². The van der Waals surface area contributed by atoms with E-state index in [0.717, 1.165) is 12.8 Å². The SMILES string of the molecule is Cn1ccsc1=NC(=O)C1(C#N)CCCC1. The minimum Gasteiger partial charge on any atom is -0.327 e. The van der Waals surface area contributed by atoms with E-state index in [0.29, 0.717) is 17.6 Å². The third kappa shape index (κ3) is 1.81. The molecule has 2 rings (SSSR count). The number of nitrogens with zero attached hydrogens (tertiary/aromatic N) is 3. The lowest BCUT2D eigenvalue weighted by Crippen LogP contribution is -2.27. The Labute approximate surface area is 97.9 Å². The maximum absolute atomic E-state index is 12.0. The van der Waals surface area contributed by atoms with Gasteiger partial charge in [0.2, 0.25) is 0 Å². The van der Waals surface area contributed by atoms with Crippen molar-refractivity contribution in [1.82, 2.24) is 4.57 Å². The fourth-order valence-electron chi connectivity index (χ4n) is 1.98. The number of amides is 1. The van der Waals surface area contributed by atoms with Crippen LogP contribution in [0.15, 0.2) is 16.6 Å². The Kier molecular flexibility index (Phi) is 2.92. The number of hydrogen-bond acceptors (Lipinski definition) is 3. The van der Waals surface area contributed by atoms with Gasteiger partial charge in [-0.1, -0.05) is 12.8 Å². The molecule has 5 heteroatoms. The lowest BCUT2D eigenvalue weighted by Gasteiger charge is -2.13. The average Bonchev–Trinajstić information content (AvgIpc) is 2.89. The Morgan fingerprint density at radius 2 is 2.31 bits per heavy atom. The van der Waals surface area contributed by atoms with E-state index in [4.69, 9.17) is 5.26 Å². The minimum absolute atomic E-state index is 0.273. The van der Waals surface area contributed by atoms with Crippen LogP contribution in [0.3, 0.4) is 0 Å². The molecule has 16 heavy (non-hydrogen) atoms. The van der Waals surface area contributed by atoms with Crippen LogP contribution in [0, 0.1) is 16.7 Å². The van der Waals surface area contributed by atoms with E-state index in [2.05, 4.69) is 11.1 Å². The second-order valence-corrected chi connectivity index (χ2v) is 4.99. The van der Waals surface area contributed by atoms with Crippen molar-refractivity contribution in [2.45, 2.75) is 25.7 Å². The predicted octanol–water partition coefficient (Wildman–Crippen LogP) is 1.60. The van der Waals surface area contributed by atoms with Gasteiger partial charge in [-0.3, -0.25) is 4.79 Å². The first kappa shape index (κ1) is 11.1. The van der Waals surface area contributed by atoms with Gasteiger partial charge in [0, 0.05) is 18.6 Å². The summed E-state index contributed by atoms with van der Waals surface area (Å²) in [6, 6.07) is 2.16. The number of carbonyl (C=O) groups is 1. The van der Waals surface area contributed by atoms with Gasteiger partial charge in [-0.05, 0) is 12.8 Å². The van der Waals surface area contributed by atoms with Crippen LogP contribution in [0.5, 0.6) is 0 Å². The number of aromatic nitrogens is 1. The van der Waals surface area contributed by atoms with Gasteiger partial charge in [0.15, 0.2) is 4.80 Å². The van der Waals surface area contributed by atoms with Crippen LogP contribution >= 0.6 is 11.3 Å². The third-order valence-electron chi connectivity index (χ3n) is 3.04. The molecule has 0 spiro atoms. The highest BCUT2D eigenvalue weighted by atomic mass is 32.1. The predicted molar refractivity (Wildman–Crippen MR) is 60.4 cm³/mol. The van der Waals surface area contributed by atoms with Gasteiger partial charge >= 0.3 is 0 Å². The minimum atomic E-state index is -0.850. The van der Waals surface area contributed by atoms with E-state index in [-0.39, 0.29) is 5.91 Å². The Balaban J connectivity index is 2.34. The van der Waals surface area contributed by atoms with Crippen LogP contribution in [0.1, 0.15) is 25.7 Å². The van der Waals surface area contributed by atoms with Crippen LogP contribution in [-0.2, 0) is 11.8 Å². The molecule has 1 aromatic rings. The van der Waals surface area contributed by atoms with E-state index in [9.17, 15) is 4.79 Å². The normalized spacial score (nSPS) is 19.6. The van der Waals surface area contributed by atoms with E-state index < -0.39 is 5.41 Å². The van der Waals surface area contributed by atoms with E-state index in [1.165, 1.54) is 11.3 Å². The zero-order valence-corrected chi connectivity index (χ0v) is 9.96. The summed E-state index contributed by atoms with van der Waals surface area (Å²) in [6.45, 7) is 0. The zero-order chi connectivity index (χ0) is 11.6. The summed E-state index contributed by atoms with van der Waals surface area (Å²) in [6.07, 6.45) is 5.06. The first-order chi connectivity index (χ1) is 7.68. The molecule has 4 nitrogen and oxygen atoms in total. The molecule has 0 radical (unpaired) electrons. The maximum Gasteiger partial charge on any atom is 0.268 e. The highest BCUT2D eigenvalue weighted by molar-refractivity contribution is 7.07. The van der Waals surface area contributed by atoms with Crippen molar-refractivity contribution in [3.63, 3.8) is 0 Å². The van der Waals surface area contributed by atoms with Crippen LogP contribution < -0.4 is 4.80 Å². The first-order valence-corrected chi connectivity index (χ1v) is 6.16. The number of carbonyl (C=O) groups excluding carboxylic acids is 1. The Hall–Kier alpha value is -1.41. The number of hydrogen-bond donors (Lipinski definition) is 0. The topological polar surface area (TPSA) is 58.1 Å². The van der Waals surface area contributed by atoms with Crippen molar-refractivity contribution in [2.75, 3.05) is 0 Å². The van der Waals surface area contributed by atoms with E-state index in [1.807, 2.05) is 18.6 Å².